The minimum atomic E-state index is -4.27. The van der Waals surface area contributed by atoms with Gasteiger partial charge in [-0.1, -0.05) is 62.4 Å². The summed E-state index contributed by atoms with van der Waals surface area (Å²) in [6, 6.07) is 19.1. The molecule has 2 aliphatic heterocycles. The van der Waals surface area contributed by atoms with Gasteiger partial charge in [-0.05, 0) is 78.1 Å². The summed E-state index contributed by atoms with van der Waals surface area (Å²) in [6.45, 7) is 6.42. The number of amides is 3. The molecule has 3 amide bonds. The highest BCUT2D eigenvalue weighted by Crippen LogP contribution is 2.42. The Morgan fingerprint density at radius 1 is 1.02 bits per heavy atom. The van der Waals surface area contributed by atoms with Crippen molar-refractivity contribution in [2.75, 3.05) is 4.90 Å². The van der Waals surface area contributed by atoms with E-state index in [9.17, 15) is 33.5 Å². The third kappa shape index (κ3) is 8.96. The number of hydrogen-bond donors (Lipinski definition) is 5. The van der Waals surface area contributed by atoms with Crippen molar-refractivity contribution in [1.29, 1.82) is 0 Å². The second kappa shape index (κ2) is 15.8. The van der Waals surface area contributed by atoms with Crippen molar-refractivity contribution in [3.8, 4) is 0 Å². The number of primary amides is 1. The number of nitrogens with two attached hydrogens (primary N) is 1. The van der Waals surface area contributed by atoms with Gasteiger partial charge >= 0.3 is 7.60 Å². The number of carbonyl (C=O) groups is 4. The highest BCUT2D eigenvalue weighted by molar-refractivity contribution is 7.50. The van der Waals surface area contributed by atoms with E-state index >= 15 is 0 Å². The standard InChI is InChI=1S/C40H47N4O8P/c1-23(2)27-10-7-25(8-11-27)21-52-24(3)32(15-16-37(41)46)43-39(47)35-19-29-6-4-5-28-12-13-30(40(48)44(35)38(28)29)20-36(45)34-18-31-17-26(22-53(49,50)51)9-14-33(31)42-34/h4-11,14,17-18,23-24,30,32,35,42H,12-13,15-16,19-22H2,1-3H3,(H2,41,46)(H,43,47)(H2,49,50,51)/t24-,30-,32+,35+/m1/s1. The maximum atomic E-state index is 14.4. The zero-order valence-corrected chi connectivity index (χ0v) is 31.1. The lowest BCUT2D eigenvalue weighted by molar-refractivity contribution is -0.129. The Bertz CT molecular complexity index is 2070. The van der Waals surface area contributed by atoms with Crippen LogP contribution in [0.5, 0.6) is 0 Å². The highest BCUT2D eigenvalue weighted by atomic mass is 31.2. The summed E-state index contributed by atoms with van der Waals surface area (Å²) in [5.41, 5.74) is 11.6. The Balaban J connectivity index is 1.18. The minimum absolute atomic E-state index is 0.0440. The summed E-state index contributed by atoms with van der Waals surface area (Å²) in [6.07, 6.45) is 0.615. The molecule has 13 heteroatoms. The van der Waals surface area contributed by atoms with Crippen LogP contribution >= 0.6 is 7.60 Å². The number of Topliss-reactive ketones (excluding diaryl/α,β-unsaturated/α-hetero) is 1. The number of anilines is 1. The van der Waals surface area contributed by atoms with E-state index in [4.69, 9.17) is 10.5 Å². The van der Waals surface area contributed by atoms with E-state index in [2.05, 4.69) is 36.3 Å². The first kappa shape index (κ1) is 38.1. The van der Waals surface area contributed by atoms with E-state index in [1.807, 2.05) is 37.3 Å². The van der Waals surface area contributed by atoms with Crippen LogP contribution in [0.4, 0.5) is 5.69 Å². The number of H-pyrrole nitrogens is 1. The maximum absolute atomic E-state index is 14.4. The van der Waals surface area contributed by atoms with Crippen molar-refractivity contribution in [3.05, 3.63) is 100 Å². The van der Waals surface area contributed by atoms with Gasteiger partial charge in [-0.3, -0.25) is 28.6 Å². The summed E-state index contributed by atoms with van der Waals surface area (Å²) in [7, 11) is -4.27. The van der Waals surface area contributed by atoms with E-state index in [0.29, 0.717) is 53.9 Å². The number of aromatic amines is 1. The number of aryl methyl sites for hydroxylation is 1. The predicted octanol–water partition coefficient (Wildman–Crippen LogP) is 5.42. The molecular formula is C40H47N4O8P. The van der Waals surface area contributed by atoms with Crippen molar-refractivity contribution in [1.82, 2.24) is 10.3 Å². The molecule has 0 saturated heterocycles. The van der Waals surface area contributed by atoms with Crippen molar-refractivity contribution in [2.24, 2.45) is 11.7 Å². The molecule has 0 saturated carbocycles. The highest BCUT2D eigenvalue weighted by Gasteiger charge is 2.44. The second-order valence-electron chi connectivity index (χ2n) is 14.7. The van der Waals surface area contributed by atoms with Gasteiger partial charge < -0.3 is 30.6 Å². The van der Waals surface area contributed by atoms with Crippen LogP contribution in [0.1, 0.15) is 90.7 Å². The molecule has 4 aromatic rings. The smallest absolute Gasteiger partial charge is 0.329 e. The quantitative estimate of drug-likeness (QED) is 0.0788. The lowest BCUT2D eigenvalue weighted by Crippen LogP contribution is -2.54. The zero-order valence-electron chi connectivity index (χ0n) is 30.2. The average molecular weight is 743 g/mol. The molecule has 6 rings (SSSR count). The third-order valence-electron chi connectivity index (χ3n) is 10.4. The molecule has 6 N–H and O–H groups in total. The number of nitrogens with one attached hydrogen (secondary N) is 2. The normalized spacial score (nSPS) is 18.2. The molecule has 4 atom stereocenters. The topological polar surface area (TPSA) is 192 Å². The lowest BCUT2D eigenvalue weighted by Gasteiger charge is -2.31. The van der Waals surface area contributed by atoms with Crippen LogP contribution in [0.3, 0.4) is 0 Å². The first-order valence-electron chi connectivity index (χ1n) is 18.1. The molecule has 0 fully saturated rings. The summed E-state index contributed by atoms with van der Waals surface area (Å²) in [5.74, 6) is -1.74. The van der Waals surface area contributed by atoms with E-state index < -0.39 is 43.8 Å². The van der Waals surface area contributed by atoms with E-state index in [0.717, 1.165) is 22.4 Å². The number of benzene rings is 3. The van der Waals surface area contributed by atoms with Crippen LogP contribution in [0.2, 0.25) is 0 Å². The van der Waals surface area contributed by atoms with Crippen LogP contribution in [0, 0.1) is 5.92 Å². The molecule has 1 aromatic heterocycles. The predicted molar refractivity (Wildman–Crippen MR) is 201 cm³/mol. The molecule has 0 bridgehead atoms. The Kier molecular flexibility index (Phi) is 11.4. The van der Waals surface area contributed by atoms with Crippen molar-refractivity contribution >= 4 is 47.7 Å². The lowest BCUT2D eigenvalue weighted by atomic mass is 9.93. The van der Waals surface area contributed by atoms with Crippen molar-refractivity contribution in [3.63, 3.8) is 0 Å². The molecule has 280 valence electrons. The Labute approximate surface area is 308 Å². The Morgan fingerprint density at radius 3 is 2.43 bits per heavy atom. The molecule has 53 heavy (non-hydrogen) atoms. The van der Waals surface area contributed by atoms with E-state index in [1.54, 1.807) is 29.2 Å². The molecule has 0 unspecified atom stereocenters. The number of aromatic nitrogens is 1. The van der Waals surface area contributed by atoms with Crippen LogP contribution < -0.4 is 16.0 Å². The molecule has 3 aromatic carbocycles. The number of ketones is 1. The Hall–Kier alpha value is -4.61. The van der Waals surface area contributed by atoms with Gasteiger partial charge in [-0.2, -0.15) is 0 Å². The second-order valence-corrected chi connectivity index (χ2v) is 16.3. The van der Waals surface area contributed by atoms with Gasteiger partial charge in [-0.25, -0.2) is 0 Å². The van der Waals surface area contributed by atoms with Crippen molar-refractivity contribution < 1.29 is 38.3 Å². The van der Waals surface area contributed by atoms with Gasteiger partial charge in [0.1, 0.15) is 6.04 Å². The first-order valence-corrected chi connectivity index (χ1v) is 19.9. The first-order chi connectivity index (χ1) is 25.2. The fourth-order valence-electron chi connectivity index (χ4n) is 7.43. The molecule has 2 aliphatic rings. The summed E-state index contributed by atoms with van der Waals surface area (Å²) in [4.78, 5) is 77.5. The van der Waals surface area contributed by atoms with Gasteiger partial charge in [0.15, 0.2) is 5.78 Å². The van der Waals surface area contributed by atoms with Gasteiger partial charge in [0, 0.05) is 36.1 Å². The molecule has 3 heterocycles. The van der Waals surface area contributed by atoms with E-state index in [1.165, 1.54) is 5.56 Å². The van der Waals surface area contributed by atoms with Gasteiger partial charge in [0.2, 0.25) is 17.7 Å². The summed E-state index contributed by atoms with van der Waals surface area (Å²) in [5, 5.41) is 3.72. The molecular weight excluding hydrogens is 695 g/mol. The van der Waals surface area contributed by atoms with Gasteiger partial charge in [0.05, 0.1) is 36.3 Å². The number of fused-ring (bicyclic) bond motifs is 1. The fraction of sp³-hybridized carbons (Fsp3) is 0.400. The number of rotatable bonds is 15. The maximum Gasteiger partial charge on any atom is 0.329 e. The van der Waals surface area contributed by atoms with Gasteiger partial charge in [-0.15, -0.1) is 0 Å². The summed E-state index contributed by atoms with van der Waals surface area (Å²) >= 11 is 0. The van der Waals surface area contributed by atoms with Crippen LogP contribution in [0.25, 0.3) is 10.9 Å². The molecule has 12 nitrogen and oxygen atoms in total. The largest absolute Gasteiger partial charge is 0.372 e. The molecule has 0 radical (unpaired) electrons. The summed E-state index contributed by atoms with van der Waals surface area (Å²) < 4.78 is 17.7. The average Bonchev–Trinajstić information content (AvgIpc) is 3.68. The Morgan fingerprint density at radius 2 is 1.74 bits per heavy atom. The number of para-hydroxylation sites is 1. The van der Waals surface area contributed by atoms with Crippen LogP contribution in [-0.2, 0) is 49.3 Å². The molecule has 0 spiro atoms. The monoisotopic (exact) mass is 742 g/mol. The van der Waals surface area contributed by atoms with Crippen LogP contribution in [0.15, 0.2) is 66.7 Å². The van der Waals surface area contributed by atoms with E-state index in [-0.39, 0.29) is 36.9 Å². The molecule has 0 aliphatic carbocycles. The number of hydrogen-bond acceptors (Lipinski definition) is 6. The zero-order chi connectivity index (χ0) is 38.0. The fourth-order valence-corrected chi connectivity index (χ4v) is 8.11. The SMILES string of the molecule is CC(C)c1ccc(CO[C@H](C)[C@H](CCC(N)=O)NC(=O)[C@@H]2Cc3cccc4c3N2C(=O)[C@@H](CC(=O)c2cc3cc(CP(=O)(O)O)ccc3[nH]2)CC4)cc1. The van der Waals surface area contributed by atoms with Crippen LogP contribution in [-0.4, -0.2) is 56.5 Å². The minimum Gasteiger partial charge on any atom is -0.372 e. The van der Waals surface area contributed by atoms with Crippen molar-refractivity contribution in [2.45, 2.75) is 96.2 Å². The number of nitrogens with zero attached hydrogens (tertiary/aromatic N) is 1. The third-order valence-corrected chi connectivity index (χ3v) is 11.2. The number of ether oxygens (including phenoxy) is 1. The number of carbonyl (C=O) groups excluding carboxylic acids is 4. The van der Waals surface area contributed by atoms with Gasteiger partial charge in [0.25, 0.3) is 0 Å².